The molecule has 1 unspecified atom stereocenters. The van der Waals surface area contributed by atoms with Crippen molar-refractivity contribution in [2.45, 2.75) is 19.0 Å². The molecule has 0 radical (unpaired) electrons. The molecule has 1 aromatic heterocycles. The lowest BCUT2D eigenvalue weighted by Crippen LogP contribution is -2.44. The maximum atomic E-state index is 13.9. The zero-order valence-electron chi connectivity index (χ0n) is 15.3. The average Bonchev–Trinajstić information content (AvgIpc) is 3.14. The third kappa shape index (κ3) is 5.45. The van der Waals surface area contributed by atoms with Gasteiger partial charge in [-0.05, 0) is 36.8 Å². The van der Waals surface area contributed by atoms with E-state index in [4.69, 9.17) is 16.9 Å². The number of halogens is 3. The highest BCUT2D eigenvalue weighted by molar-refractivity contribution is 14.0. The Morgan fingerprint density at radius 2 is 2.29 bits per heavy atom. The topological polar surface area (TPSA) is 76.3 Å². The smallest absolute Gasteiger partial charge is 0.191 e. The molecule has 1 aliphatic heterocycles. The van der Waals surface area contributed by atoms with Crippen molar-refractivity contribution in [1.82, 2.24) is 15.6 Å². The standard InChI is InChI=1S/C19H20ClFN6.HI/c1-23-19(25-11-14-9-13(10-22)4-5-17(14)21)26-15-6-8-27(12-15)18-16(20)3-2-7-24-18;/h2-5,7,9,15H,6,8,11-12H2,1H3,(H2,23,25,26);1H. The summed E-state index contributed by atoms with van der Waals surface area (Å²) in [6, 6.07) is 10.1. The second-order valence-corrected chi connectivity index (χ2v) is 6.64. The summed E-state index contributed by atoms with van der Waals surface area (Å²) in [6.07, 6.45) is 2.64. The van der Waals surface area contributed by atoms with Gasteiger partial charge >= 0.3 is 0 Å². The molecule has 1 saturated heterocycles. The number of nitriles is 1. The first kappa shape index (κ1) is 22.2. The van der Waals surface area contributed by atoms with Crippen LogP contribution in [0.4, 0.5) is 10.2 Å². The Kier molecular flexibility index (Phi) is 8.26. The van der Waals surface area contributed by atoms with E-state index >= 15 is 0 Å². The molecule has 9 heteroatoms. The van der Waals surface area contributed by atoms with Gasteiger partial charge in [0.15, 0.2) is 5.96 Å². The van der Waals surface area contributed by atoms with Crippen LogP contribution in [0.3, 0.4) is 0 Å². The zero-order valence-corrected chi connectivity index (χ0v) is 18.4. The summed E-state index contributed by atoms with van der Waals surface area (Å²) in [5.74, 6) is 1.01. The molecule has 6 nitrogen and oxygen atoms in total. The minimum absolute atomic E-state index is 0. The Bertz CT molecular complexity index is 885. The predicted octanol–water partition coefficient (Wildman–Crippen LogP) is 3.31. The molecule has 0 saturated carbocycles. The van der Waals surface area contributed by atoms with E-state index in [0.29, 0.717) is 22.1 Å². The lowest BCUT2D eigenvalue weighted by molar-refractivity contribution is 0.600. The normalized spacial score (nSPS) is 16.3. The second-order valence-electron chi connectivity index (χ2n) is 6.23. The number of nitrogens with zero attached hydrogens (tertiary/aromatic N) is 4. The van der Waals surface area contributed by atoms with E-state index in [1.54, 1.807) is 13.2 Å². The third-order valence-electron chi connectivity index (χ3n) is 4.41. The Hall–Kier alpha value is -2.12. The molecule has 0 bridgehead atoms. The van der Waals surface area contributed by atoms with Crippen molar-refractivity contribution in [2.75, 3.05) is 25.0 Å². The lowest BCUT2D eigenvalue weighted by Gasteiger charge is -2.20. The van der Waals surface area contributed by atoms with Crippen molar-refractivity contribution in [3.8, 4) is 6.07 Å². The van der Waals surface area contributed by atoms with Crippen molar-refractivity contribution in [3.63, 3.8) is 0 Å². The first-order valence-corrected chi connectivity index (χ1v) is 8.99. The molecule has 2 heterocycles. The van der Waals surface area contributed by atoms with Gasteiger partial charge in [-0.3, -0.25) is 4.99 Å². The van der Waals surface area contributed by atoms with Crippen molar-refractivity contribution in [1.29, 1.82) is 5.26 Å². The van der Waals surface area contributed by atoms with Gasteiger partial charge in [-0.25, -0.2) is 9.37 Å². The fraction of sp³-hybridized carbons (Fsp3) is 0.316. The van der Waals surface area contributed by atoms with Crippen LogP contribution in [0.2, 0.25) is 5.02 Å². The summed E-state index contributed by atoms with van der Waals surface area (Å²) in [5, 5.41) is 16.0. The number of aliphatic imine (C=N–C) groups is 1. The number of hydrogen-bond donors (Lipinski definition) is 2. The summed E-state index contributed by atoms with van der Waals surface area (Å²) in [4.78, 5) is 10.7. The van der Waals surface area contributed by atoms with Gasteiger partial charge in [-0.1, -0.05) is 11.6 Å². The molecule has 148 valence electrons. The highest BCUT2D eigenvalue weighted by Gasteiger charge is 2.25. The Morgan fingerprint density at radius 1 is 1.46 bits per heavy atom. The molecule has 2 aromatic rings. The van der Waals surface area contributed by atoms with E-state index in [1.165, 1.54) is 18.2 Å². The molecule has 1 atom stereocenters. The van der Waals surface area contributed by atoms with E-state index in [0.717, 1.165) is 25.3 Å². The first-order valence-electron chi connectivity index (χ1n) is 8.62. The minimum Gasteiger partial charge on any atom is -0.353 e. The summed E-state index contributed by atoms with van der Waals surface area (Å²) in [6.45, 7) is 1.82. The minimum atomic E-state index is -0.353. The van der Waals surface area contributed by atoms with Crippen LogP contribution in [0.5, 0.6) is 0 Å². The van der Waals surface area contributed by atoms with Crippen LogP contribution in [0.15, 0.2) is 41.5 Å². The highest BCUT2D eigenvalue weighted by Crippen LogP contribution is 2.25. The summed E-state index contributed by atoms with van der Waals surface area (Å²) < 4.78 is 13.9. The van der Waals surface area contributed by atoms with Crippen LogP contribution < -0.4 is 15.5 Å². The molecule has 0 spiro atoms. The average molecular weight is 515 g/mol. The van der Waals surface area contributed by atoms with E-state index < -0.39 is 0 Å². The Labute approximate surface area is 185 Å². The number of aromatic nitrogens is 1. The number of benzene rings is 1. The molecule has 0 amide bonds. The van der Waals surface area contributed by atoms with Crippen molar-refractivity contribution in [2.24, 2.45) is 4.99 Å². The quantitative estimate of drug-likeness (QED) is 0.372. The van der Waals surface area contributed by atoms with Crippen LogP contribution in [-0.2, 0) is 6.54 Å². The van der Waals surface area contributed by atoms with Gasteiger partial charge < -0.3 is 15.5 Å². The summed E-state index contributed by atoms with van der Waals surface area (Å²) in [7, 11) is 1.67. The SMILES string of the molecule is CN=C(NCc1cc(C#N)ccc1F)NC1CCN(c2ncccc2Cl)C1.I. The second kappa shape index (κ2) is 10.4. The van der Waals surface area contributed by atoms with Crippen LogP contribution in [-0.4, -0.2) is 37.1 Å². The van der Waals surface area contributed by atoms with Gasteiger partial charge in [0.25, 0.3) is 0 Å². The Balaban J connectivity index is 0.00000280. The van der Waals surface area contributed by atoms with E-state index in [-0.39, 0.29) is 42.4 Å². The predicted molar refractivity (Wildman–Crippen MR) is 120 cm³/mol. The van der Waals surface area contributed by atoms with Gasteiger partial charge in [0.2, 0.25) is 0 Å². The first-order chi connectivity index (χ1) is 13.1. The summed E-state index contributed by atoms with van der Waals surface area (Å²) >= 11 is 6.22. The fourth-order valence-electron chi connectivity index (χ4n) is 3.03. The number of rotatable bonds is 4. The number of pyridine rings is 1. The van der Waals surface area contributed by atoms with E-state index in [1.807, 2.05) is 18.2 Å². The zero-order chi connectivity index (χ0) is 19.2. The monoisotopic (exact) mass is 514 g/mol. The highest BCUT2D eigenvalue weighted by atomic mass is 127. The van der Waals surface area contributed by atoms with Gasteiger partial charge in [-0.15, -0.1) is 24.0 Å². The van der Waals surface area contributed by atoms with Crippen molar-refractivity contribution < 1.29 is 4.39 Å². The fourth-order valence-corrected chi connectivity index (χ4v) is 3.27. The van der Waals surface area contributed by atoms with Gasteiger partial charge in [0.1, 0.15) is 11.6 Å². The molecule has 1 fully saturated rings. The van der Waals surface area contributed by atoms with Crippen LogP contribution in [0.1, 0.15) is 17.5 Å². The van der Waals surface area contributed by atoms with Crippen molar-refractivity contribution in [3.05, 3.63) is 58.5 Å². The van der Waals surface area contributed by atoms with Gasteiger partial charge in [0, 0.05) is 44.5 Å². The maximum Gasteiger partial charge on any atom is 0.191 e. The van der Waals surface area contributed by atoms with E-state index in [9.17, 15) is 4.39 Å². The molecule has 0 aliphatic carbocycles. The largest absolute Gasteiger partial charge is 0.353 e. The van der Waals surface area contributed by atoms with Gasteiger partial charge in [0.05, 0.1) is 16.7 Å². The Morgan fingerprint density at radius 3 is 3.00 bits per heavy atom. The molecule has 2 N–H and O–H groups in total. The third-order valence-corrected chi connectivity index (χ3v) is 4.71. The number of hydrogen-bond acceptors (Lipinski definition) is 4. The number of guanidine groups is 1. The maximum absolute atomic E-state index is 13.9. The lowest BCUT2D eigenvalue weighted by atomic mass is 10.1. The molecule has 1 aromatic carbocycles. The molecule has 28 heavy (non-hydrogen) atoms. The van der Waals surface area contributed by atoms with Crippen LogP contribution >= 0.6 is 35.6 Å². The number of anilines is 1. The van der Waals surface area contributed by atoms with E-state index in [2.05, 4.69) is 25.5 Å². The van der Waals surface area contributed by atoms with Crippen molar-refractivity contribution >= 4 is 47.4 Å². The molecule has 3 rings (SSSR count). The molecular weight excluding hydrogens is 494 g/mol. The van der Waals surface area contributed by atoms with Gasteiger partial charge in [-0.2, -0.15) is 5.26 Å². The molecular formula is C19H21ClFIN6. The number of nitrogens with one attached hydrogen (secondary N) is 2. The van der Waals surface area contributed by atoms with Crippen LogP contribution in [0.25, 0.3) is 0 Å². The summed E-state index contributed by atoms with van der Waals surface area (Å²) in [5.41, 5.74) is 0.847. The van der Waals surface area contributed by atoms with Crippen LogP contribution in [0, 0.1) is 17.1 Å². The molecule has 1 aliphatic rings.